The lowest BCUT2D eigenvalue weighted by atomic mass is 9.99. The van der Waals surface area contributed by atoms with Crippen molar-refractivity contribution in [3.05, 3.63) is 29.3 Å². The first kappa shape index (κ1) is 13.8. The molecule has 0 aliphatic rings. The van der Waals surface area contributed by atoms with Gasteiger partial charge in [0, 0.05) is 12.6 Å². The first-order valence-corrected chi connectivity index (χ1v) is 6.51. The van der Waals surface area contributed by atoms with Gasteiger partial charge in [0.15, 0.2) is 0 Å². The number of hydrogen-bond acceptors (Lipinski definition) is 1. The second-order valence-corrected chi connectivity index (χ2v) is 4.59. The molecule has 0 atom stereocenters. The van der Waals surface area contributed by atoms with Gasteiger partial charge in [-0.25, -0.2) is 0 Å². The van der Waals surface area contributed by atoms with Crippen LogP contribution in [0.2, 0.25) is 0 Å². The highest BCUT2D eigenvalue weighted by molar-refractivity contribution is 5.89. The number of carbonyl (C=O) groups is 1. The second kappa shape index (κ2) is 7.10. The summed E-state index contributed by atoms with van der Waals surface area (Å²) in [6.45, 7) is 5.89. The van der Waals surface area contributed by atoms with Crippen molar-refractivity contribution in [1.82, 2.24) is 0 Å². The Hall–Kier alpha value is -1.31. The van der Waals surface area contributed by atoms with E-state index >= 15 is 0 Å². The van der Waals surface area contributed by atoms with Crippen molar-refractivity contribution in [3.63, 3.8) is 0 Å². The summed E-state index contributed by atoms with van der Waals surface area (Å²) in [5, 5.41) is 2.92. The van der Waals surface area contributed by atoms with E-state index in [2.05, 4.69) is 25.2 Å². The molecule has 2 nitrogen and oxygen atoms in total. The maximum Gasteiger partial charge on any atom is 0.221 e. The third-order valence-corrected chi connectivity index (χ3v) is 3.00. The Morgan fingerprint density at radius 3 is 2.65 bits per heavy atom. The lowest BCUT2D eigenvalue weighted by molar-refractivity contribution is -0.114. The lowest BCUT2D eigenvalue weighted by Gasteiger charge is -2.12. The van der Waals surface area contributed by atoms with Gasteiger partial charge in [-0.05, 0) is 37.0 Å². The van der Waals surface area contributed by atoms with Gasteiger partial charge in [0.2, 0.25) is 5.91 Å². The quantitative estimate of drug-likeness (QED) is 0.737. The Balaban J connectivity index is 2.70. The van der Waals surface area contributed by atoms with Crippen LogP contribution >= 0.6 is 0 Å². The predicted octanol–water partition coefficient (Wildman–Crippen LogP) is 4.08. The molecule has 94 valence electrons. The molecule has 0 fully saturated rings. The summed E-state index contributed by atoms with van der Waals surface area (Å²) in [6.07, 6.45) is 6.07. The average Bonchev–Trinajstić information content (AvgIpc) is 2.26. The number of anilines is 1. The molecule has 1 amide bonds. The summed E-state index contributed by atoms with van der Waals surface area (Å²) < 4.78 is 0. The van der Waals surface area contributed by atoms with Gasteiger partial charge in [-0.2, -0.15) is 0 Å². The van der Waals surface area contributed by atoms with E-state index in [0.29, 0.717) is 0 Å². The highest BCUT2D eigenvalue weighted by atomic mass is 16.1. The molecule has 0 saturated heterocycles. The fraction of sp³-hybridized carbons (Fsp3) is 0.533. The van der Waals surface area contributed by atoms with Crippen LogP contribution in [-0.2, 0) is 11.2 Å². The van der Waals surface area contributed by atoms with Crippen LogP contribution in [0.15, 0.2) is 18.2 Å². The van der Waals surface area contributed by atoms with Crippen LogP contribution in [0, 0.1) is 6.92 Å². The Kier molecular flexibility index (Phi) is 5.75. The number of hydrogen-bond donors (Lipinski definition) is 1. The minimum absolute atomic E-state index is 0.00501. The molecule has 0 saturated carbocycles. The normalized spacial score (nSPS) is 10.3. The van der Waals surface area contributed by atoms with E-state index in [9.17, 15) is 4.79 Å². The molecule has 0 radical (unpaired) electrons. The highest BCUT2D eigenvalue weighted by Crippen LogP contribution is 2.22. The summed E-state index contributed by atoms with van der Waals surface area (Å²) >= 11 is 0. The molecule has 17 heavy (non-hydrogen) atoms. The molecular formula is C15H23NO. The van der Waals surface area contributed by atoms with Crippen LogP contribution in [-0.4, -0.2) is 5.91 Å². The van der Waals surface area contributed by atoms with Gasteiger partial charge in [-0.3, -0.25) is 4.79 Å². The molecular weight excluding hydrogens is 210 g/mol. The van der Waals surface area contributed by atoms with Crippen molar-refractivity contribution in [1.29, 1.82) is 0 Å². The zero-order chi connectivity index (χ0) is 12.7. The van der Waals surface area contributed by atoms with Gasteiger partial charge in [0.1, 0.15) is 0 Å². The summed E-state index contributed by atoms with van der Waals surface area (Å²) in [6, 6.07) is 6.10. The smallest absolute Gasteiger partial charge is 0.221 e. The van der Waals surface area contributed by atoms with Gasteiger partial charge in [-0.1, -0.05) is 38.3 Å². The molecule has 1 aromatic rings. The number of carbonyl (C=O) groups excluding carboxylic acids is 1. The predicted molar refractivity (Wildman–Crippen MR) is 73.3 cm³/mol. The van der Waals surface area contributed by atoms with Crippen molar-refractivity contribution in [2.45, 2.75) is 52.9 Å². The van der Waals surface area contributed by atoms with E-state index in [1.54, 1.807) is 6.92 Å². The van der Waals surface area contributed by atoms with Crippen molar-refractivity contribution in [3.8, 4) is 0 Å². The third-order valence-electron chi connectivity index (χ3n) is 3.00. The maximum atomic E-state index is 11.1. The fourth-order valence-corrected chi connectivity index (χ4v) is 2.07. The number of amides is 1. The molecule has 0 aliphatic carbocycles. The Bertz CT molecular complexity index is 371. The second-order valence-electron chi connectivity index (χ2n) is 4.59. The Labute approximate surface area is 104 Å². The van der Waals surface area contributed by atoms with Crippen LogP contribution in [0.4, 0.5) is 5.69 Å². The summed E-state index contributed by atoms with van der Waals surface area (Å²) in [5.41, 5.74) is 3.54. The SMILES string of the molecule is CCCCCCc1c(C)cccc1NC(C)=O. The number of benzene rings is 1. The number of unbranched alkanes of at least 4 members (excludes halogenated alkanes) is 3. The van der Waals surface area contributed by atoms with E-state index in [4.69, 9.17) is 0 Å². The zero-order valence-electron chi connectivity index (χ0n) is 11.2. The van der Waals surface area contributed by atoms with E-state index in [1.807, 2.05) is 12.1 Å². The standard InChI is InChI=1S/C15H23NO/c1-4-5-6-7-10-14-12(2)9-8-11-15(14)16-13(3)17/h8-9,11H,4-7,10H2,1-3H3,(H,16,17). The first-order chi connectivity index (χ1) is 8.15. The summed E-state index contributed by atoms with van der Waals surface area (Å²) in [5.74, 6) is 0.00501. The summed E-state index contributed by atoms with van der Waals surface area (Å²) in [4.78, 5) is 11.1. The van der Waals surface area contributed by atoms with Gasteiger partial charge in [0.05, 0.1) is 0 Å². The average molecular weight is 233 g/mol. The van der Waals surface area contributed by atoms with Crippen LogP contribution in [0.25, 0.3) is 0 Å². The van der Waals surface area contributed by atoms with Gasteiger partial charge in [0.25, 0.3) is 0 Å². The molecule has 1 rings (SSSR count). The van der Waals surface area contributed by atoms with E-state index in [0.717, 1.165) is 12.1 Å². The van der Waals surface area contributed by atoms with E-state index in [1.165, 1.54) is 36.8 Å². The lowest BCUT2D eigenvalue weighted by Crippen LogP contribution is -2.09. The monoisotopic (exact) mass is 233 g/mol. The van der Waals surface area contributed by atoms with Crippen molar-refractivity contribution >= 4 is 11.6 Å². The zero-order valence-corrected chi connectivity index (χ0v) is 11.2. The minimum atomic E-state index is 0.00501. The number of nitrogens with one attached hydrogen (secondary N) is 1. The molecule has 1 aromatic carbocycles. The van der Waals surface area contributed by atoms with Crippen LogP contribution < -0.4 is 5.32 Å². The Morgan fingerprint density at radius 2 is 2.00 bits per heavy atom. The molecule has 0 heterocycles. The van der Waals surface area contributed by atoms with Crippen LogP contribution in [0.3, 0.4) is 0 Å². The van der Waals surface area contributed by atoms with E-state index < -0.39 is 0 Å². The largest absolute Gasteiger partial charge is 0.326 e. The van der Waals surface area contributed by atoms with Gasteiger partial charge < -0.3 is 5.32 Å². The molecule has 0 unspecified atom stereocenters. The molecule has 1 N–H and O–H groups in total. The number of rotatable bonds is 6. The number of aryl methyl sites for hydroxylation is 1. The van der Waals surface area contributed by atoms with Crippen LogP contribution in [0.1, 0.15) is 50.7 Å². The van der Waals surface area contributed by atoms with Crippen molar-refractivity contribution in [2.75, 3.05) is 5.32 Å². The Morgan fingerprint density at radius 1 is 1.24 bits per heavy atom. The van der Waals surface area contributed by atoms with Crippen LogP contribution in [0.5, 0.6) is 0 Å². The maximum absolute atomic E-state index is 11.1. The molecule has 0 bridgehead atoms. The van der Waals surface area contributed by atoms with E-state index in [-0.39, 0.29) is 5.91 Å². The molecule has 0 spiro atoms. The minimum Gasteiger partial charge on any atom is -0.326 e. The topological polar surface area (TPSA) is 29.1 Å². The first-order valence-electron chi connectivity index (χ1n) is 6.51. The third kappa shape index (κ3) is 4.59. The fourth-order valence-electron chi connectivity index (χ4n) is 2.07. The molecule has 0 aromatic heterocycles. The molecule has 2 heteroatoms. The summed E-state index contributed by atoms with van der Waals surface area (Å²) in [7, 11) is 0. The molecule has 0 aliphatic heterocycles. The van der Waals surface area contributed by atoms with Crippen molar-refractivity contribution in [2.24, 2.45) is 0 Å². The van der Waals surface area contributed by atoms with Crippen molar-refractivity contribution < 1.29 is 4.79 Å². The highest BCUT2D eigenvalue weighted by Gasteiger charge is 2.06. The van der Waals surface area contributed by atoms with Gasteiger partial charge in [-0.15, -0.1) is 0 Å². The van der Waals surface area contributed by atoms with Gasteiger partial charge >= 0.3 is 0 Å².